The number of thiophene rings is 1. The molecule has 3 rings (SSSR count). The highest BCUT2D eigenvalue weighted by Gasteiger charge is 2.19. The Bertz CT molecular complexity index is 964. The van der Waals surface area contributed by atoms with E-state index in [1.54, 1.807) is 36.5 Å². The van der Waals surface area contributed by atoms with Gasteiger partial charge in [-0.15, -0.1) is 0 Å². The second kappa shape index (κ2) is 7.53. The van der Waals surface area contributed by atoms with Crippen molar-refractivity contribution in [2.75, 3.05) is 6.61 Å². The summed E-state index contributed by atoms with van der Waals surface area (Å²) in [5.41, 5.74) is 3.00. The maximum Gasteiger partial charge on any atom is 0.331 e. The van der Waals surface area contributed by atoms with Crippen LogP contribution in [0.1, 0.15) is 33.1 Å². The Morgan fingerprint density at radius 3 is 2.77 bits per heavy atom. The number of aryl methyl sites for hydroxylation is 2. The van der Waals surface area contributed by atoms with Crippen molar-refractivity contribution >= 4 is 29.2 Å². The van der Waals surface area contributed by atoms with Crippen LogP contribution in [-0.4, -0.2) is 28.1 Å². The molecule has 0 aliphatic rings. The molecular weight excluding hydrogens is 352 g/mol. The number of ether oxygens (including phenoxy) is 1. The summed E-state index contributed by atoms with van der Waals surface area (Å²) in [4.78, 5) is 24.2. The topological polar surface area (TPSA) is 74.3 Å². The van der Waals surface area contributed by atoms with Gasteiger partial charge in [0.15, 0.2) is 12.4 Å². The van der Waals surface area contributed by atoms with Gasteiger partial charge in [0.25, 0.3) is 0 Å². The lowest BCUT2D eigenvalue weighted by atomic mass is 10.1. The molecule has 7 heteroatoms. The fraction of sp³-hybridized carbons (Fsp3) is 0.211. The zero-order valence-electron chi connectivity index (χ0n) is 14.7. The predicted octanol–water partition coefficient (Wildman–Crippen LogP) is 3.89. The average molecular weight is 370 g/mol. The van der Waals surface area contributed by atoms with E-state index in [-0.39, 0.29) is 12.4 Å². The van der Waals surface area contributed by atoms with E-state index < -0.39 is 5.97 Å². The predicted molar refractivity (Wildman–Crippen MR) is 98.7 cm³/mol. The third-order valence-corrected chi connectivity index (χ3v) is 4.58. The Kier molecular flexibility index (Phi) is 5.18. The van der Waals surface area contributed by atoms with E-state index in [1.165, 1.54) is 6.08 Å². The SMILES string of the molecule is Cc1cc(-n2c(C)cc(C(=O)COC(=O)/C=C/c3ccsc3)c2C)no1. The van der Waals surface area contributed by atoms with Crippen molar-refractivity contribution in [2.45, 2.75) is 20.8 Å². The van der Waals surface area contributed by atoms with Gasteiger partial charge in [0.2, 0.25) is 5.78 Å². The van der Waals surface area contributed by atoms with Gasteiger partial charge < -0.3 is 9.26 Å². The van der Waals surface area contributed by atoms with Gasteiger partial charge in [0.1, 0.15) is 5.76 Å². The van der Waals surface area contributed by atoms with Crippen LogP contribution in [-0.2, 0) is 9.53 Å². The largest absolute Gasteiger partial charge is 0.454 e. The fourth-order valence-corrected chi connectivity index (χ4v) is 3.28. The highest BCUT2D eigenvalue weighted by molar-refractivity contribution is 7.08. The third-order valence-electron chi connectivity index (χ3n) is 3.88. The van der Waals surface area contributed by atoms with E-state index in [2.05, 4.69) is 5.16 Å². The molecule has 0 amide bonds. The summed E-state index contributed by atoms with van der Waals surface area (Å²) in [5.74, 6) is 0.492. The Balaban J connectivity index is 1.68. The van der Waals surface area contributed by atoms with Crippen LogP contribution in [0.25, 0.3) is 11.9 Å². The molecule has 0 bridgehead atoms. The van der Waals surface area contributed by atoms with Crippen molar-refractivity contribution in [1.82, 2.24) is 9.72 Å². The Hall–Kier alpha value is -2.93. The fourth-order valence-electron chi connectivity index (χ4n) is 2.65. The number of hydrogen-bond acceptors (Lipinski definition) is 6. The van der Waals surface area contributed by atoms with Gasteiger partial charge in [0, 0.05) is 29.1 Å². The summed E-state index contributed by atoms with van der Waals surface area (Å²) >= 11 is 1.54. The number of rotatable bonds is 6. The first-order valence-corrected chi connectivity index (χ1v) is 8.93. The normalized spacial score (nSPS) is 11.2. The standard InChI is InChI=1S/C19H18N2O4S/c1-12-8-16(14(3)21(12)18-9-13(2)25-20-18)17(22)10-24-19(23)5-4-15-6-7-26-11-15/h4-9,11H,10H2,1-3H3/b5-4+. The number of carbonyl (C=O) groups excluding carboxylic acids is 2. The molecule has 0 saturated carbocycles. The van der Waals surface area contributed by atoms with E-state index in [9.17, 15) is 9.59 Å². The minimum absolute atomic E-state index is 0.262. The Morgan fingerprint density at radius 1 is 1.31 bits per heavy atom. The molecule has 0 atom stereocenters. The molecule has 0 aliphatic heterocycles. The monoisotopic (exact) mass is 370 g/mol. The summed E-state index contributed by atoms with van der Waals surface area (Å²) in [7, 11) is 0. The summed E-state index contributed by atoms with van der Waals surface area (Å²) < 4.78 is 12.0. The number of aromatic nitrogens is 2. The number of carbonyl (C=O) groups is 2. The molecule has 134 valence electrons. The van der Waals surface area contributed by atoms with Gasteiger partial charge in [-0.25, -0.2) is 4.79 Å². The molecule has 3 aromatic rings. The Morgan fingerprint density at radius 2 is 2.12 bits per heavy atom. The van der Waals surface area contributed by atoms with Crippen LogP contribution < -0.4 is 0 Å². The van der Waals surface area contributed by atoms with Gasteiger partial charge in [-0.1, -0.05) is 5.16 Å². The summed E-state index contributed by atoms with van der Waals surface area (Å²) in [5, 5.41) is 7.82. The molecule has 0 fully saturated rings. The van der Waals surface area contributed by atoms with Crippen molar-refractivity contribution in [3.05, 3.63) is 63.3 Å². The molecule has 0 radical (unpaired) electrons. The average Bonchev–Trinajstić information content (AvgIpc) is 3.32. The van der Waals surface area contributed by atoms with Crippen molar-refractivity contribution < 1.29 is 18.8 Å². The van der Waals surface area contributed by atoms with Crippen LogP contribution in [0.15, 0.2) is 39.6 Å². The quantitative estimate of drug-likeness (QED) is 0.374. The number of hydrogen-bond donors (Lipinski definition) is 0. The van der Waals surface area contributed by atoms with Gasteiger partial charge in [0.05, 0.1) is 0 Å². The lowest BCUT2D eigenvalue weighted by Gasteiger charge is -2.05. The number of esters is 1. The number of nitrogens with zero attached hydrogens (tertiary/aromatic N) is 2. The molecule has 26 heavy (non-hydrogen) atoms. The molecule has 6 nitrogen and oxygen atoms in total. The van der Waals surface area contributed by atoms with E-state index in [1.807, 2.05) is 35.2 Å². The van der Waals surface area contributed by atoms with Gasteiger partial charge in [-0.2, -0.15) is 11.3 Å². The number of ketones is 1. The van der Waals surface area contributed by atoms with E-state index in [0.29, 0.717) is 17.1 Å². The van der Waals surface area contributed by atoms with Crippen LogP contribution in [0.4, 0.5) is 0 Å². The first-order valence-electron chi connectivity index (χ1n) is 7.98. The van der Waals surface area contributed by atoms with Crippen molar-refractivity contribution in [1.29, 1.82) is 0 Å². The molecule has 0 aliphatic carbocycles. The molecule has 0 aromatic carbocycles. The smallest absolute Gasteiger partial charge is 0.331 e. The first kappa shape index (κ1) is 17.9. The minimum Gasteiger partial charge on any atom is -0.454 e. The molecular formula is C19H18N2O4S. The van der Waals surface area contributed by atoms with Gasteiger partial charge >= 0.3 is 5.97 Å². The van der Waals surface area contributed by atoms with E-state index in [0.717, 1.165) is 17.0 Å². The molecule has 0 unspecified atom stereocenters. The number of Topliss-reactive ketones (excluding diaryl/α,β-unsaturated/α-hetero) is 1. The first-order chi connectivity index (χ1) is 12.5. The van der Waals surface area contributed by atoms with Gasteiger partial charge in [-0.05, 0) is 55.3 Å². The van der Waals surface area contributed by atoms with Gasteiger partial charge in [-0.3, -0.25) is 9.36 Å². The highest BCUT2D eigenvalue weighted by atomic mass is 32.1. The zero-order chi connectivity index (χ0) is 18.7. The molecule has 0 saturated heterocycles. The summed E-state index contributed by atoms with van der Waals surface area (Å²) in [6.45, 7) is 5.20. The molecule has 0 N–H and O–H groups in total. The minimum atomic E-state index is -0.550. The molecule has 0 spiro atoms. The van der Waals surface area contributed by atoms with E-state index >= 15 is 0 Å². The molecule has 3 heterocycles. The summed E-state index contributed by atoms with van der Waals surface area (Å²) in [6, 6.07) is 5.44. The lowest BCUT2D eigenvalue weighted by molar-refractivity contribution is -0.136. The lowest BCUT2D eigenvalue weighted by Crippen LogP contribution is -2.13. The maximum absolute atomic E-state index is 12.4. The van der Waals surface area contributed by atoms with Crippen LogP contribution in [0.2, 0.25) is 0 Å². The van der Waals surface area contributed by atoms with Crippen molar-refractivity contribution in [2.24, 2.45) is 0 Å². The zero-order valence-corrected chi connectivity index (χ0v) is 15.5. The van der Waals surface area contributed by atoms with Crippen molar-refractivity contribution in [3.8, 4) is 5.82 Å². The van der Waals surface area contributed by atoms with E-state index in [4.69, 9.17) is 9.26 Å². The van der Waals surface area contributed by atoms with Crippen LogP contribution in [0.3, 0.4) is 0 Å². The van der Waals surface area contributed by atoms with Crippen molar-refractivity contribution in [3.63, 3.8) is 0 Å². The third kappa shape index (κ3) is 3.83. The van der Waals surface area contributed by atoms with Crippen LogP contribution >= 0.6 is 11.3 Å². The summed E-state index contributed by atoms with van der Waals surface area (Å²) in [6.07, 6.45) is 2.97. The second-order valence-electron chi connectivity index (χ2n) is 5.84. The highest BCUT2D eigenvalue weighted by Crippen LogP contribution is 2.21. The maximum atomic E-state index is 12.4. The second-order valence-corrected chi connectivity index (χ2v) is 6.62. The van der Waals surface area contributed by atoms with Crippen LogP contribution in [0.5, 0.6) is 0 Å². The van der Waals surface area contributed by atoms with Crippen LogP contribution in [0, 0.1) is 20.8 Å². The Labute approximate surface area is 154 Å². The molecule has 3 aromatic heterocycles.